The number of nitrogens with one attached hydrogen (secondary N) is 3. The smallest absolute Gasteiger partial charge is 0.251 e. The summed E-state index contributed by atoms with van der Waals surface area (Å²) in [6.45, 7) is 3.97. The van der Waals surface area contributed by atoms with Crippen LogP contribution < -0.4 is 20.9 Å². The second kappa shape index (κ2) is 7.48. The Hall–Kier alpha value is -2.74. The van der Waals surface area contributed by atoms with Gasteiger partial charge in [0, 0.05) is 43.0 Å². The number of amides is 1. The van der Waals surface area contributed by atoms with Crippen LogP contribution >= 0.6 is 0 Å². The van der Waals surface area contributed by atoms with Crippen molar-refractivity contribution in [1.29, 1.82) is 0 Å². The Kier molecular flexibility index (Phi) is 4.89. The number of rotatable bonds is 5. The van der Waals surface area contributed by atoms with Crippen molar-refractivity contribution in [3.05, 3.63) is 41.8 Å². The molecule has 3 N–H and O–H groups in total. The maximum atomic E-state index is 14.3. The summed E-state index contributed by atoms with van der Waals surface area (Å²) in [5.41, 5.74) is 1.32. The number of nitrogens with zero attached hydrogens (tertiary/aromatic N) is 3. The van der Waals surface area contributed by atoms with E-state index in [2.05, 4.69) is 25.9 Å². The minimum atomic E-state index is -0.409. The molecule has 0 radical (unpaired) electrons. The lowest BCUT2D eigenvalue weighted by Crippen LogP contribution is -2.51. The molecular formula is C19H23FN6O. The van der Waals surface area contributed by atoms with E-state index < -0.39 is 5.82 Å². The molecular weight excluding hydrogens is 347 g/mol. The van der Waals surface area contributed by atoms with Gasteiger partial charge >= 0.3 is 0 Å². The minimum absolute atomic E-state index is 0.113. The monoisotopic (exact) mass is 370 g/mol. The molecule has 0 aliphatic carbocycles. The maximum absolute atomic E-state index is 14.3. The molecule has 1 aromatic heterocycles. The molecule has 2 saturated heterocycles. The fraction of sp³-hybridized carbons (Fsp3) is 0.421. The predicted molar refractivity (Wildman–Crippen MR) is 102 cm³/mol. The van der Waals surface area contributed by atoms with Gasteiger partial charge < -0.3 is 20.9 Å². The van der Waals surface area contributed by atoms with Crippen molar-refractivity contribution in [1.82, 2.24) is 20.6 Å². The van der Waals surface area contributed by atoms with E-state index in [9.17, 15) is 9.18 Å². The summed E-state index contributed by atoms with van der Waals surface area (Å²) in [4.78, 5) is 22.3. The molecule has 142 valence electrons. The van der Waals surface area contributed by atoms with E-state index in [-0.39, 0.29) is 5.91 Å². The second-order valence-corrected chi connectivity index (χ2v) is 6.97. The van der Waals surface area contributed by atoms with Crippen molar-refractivity contribution in [3.63, 3.8) is 0 Å². The number of carbonyl (C=O) groups excluding carboxylic acids is 1. The molecule has 0 unspecified atom stereocenters. The predicted octanol–water partition coefficient (Wildman–Crippen LogP) is 2.05. The van der Waals surface area contributed by atoms with Gasteiger partial charge in [0.25, 0.3) is 5.91 Å². The molecule has 7 nitrogen and oxygen atoms in total. The third-order valence-corrected chi connectivity index (χ3v) is 4.98. The topological polar surface area (TPSA) is 82.2 Å². The molecule has 3 heterocycles. The highest BCUT2D eigenvalue weighted by atomic mass is 19.1. The zero-order valence-corrected chi connectivity index (χ0v) is 15.2. The van der Waals surface area contributed by atoms with Crippen molar-refractivity contribution < 1.29 is 9.18 Å². The molecule has 2 fully saturated rings. The van der Waals surface area contributed by atoms with Gasteiger partial charge in [0.2, 0.25) is 5.95 Å². The van der Waals surface area contributed by atoms with Gasteiger partial charge in [-0.3, -0.25) is 4.79 Å². The van der Waals surface area contributed by atoms with Crippen LogP contribution in [0.15, 0.2) is 30.5 Å². The third-order valence-electron chi connectivity index (χ3n) is 4.98. The molecule has 4 rings (SSSR count). The Labute approximate surface area is 157 Å². The van der Waals surface area contributed by atoms with Crippen LogP contribution in [-0.2, 0) is 0 Å². The number of aromatic nitrogens is 2. The summed E-state index contributed by atoms with van der Waals surface area (Å²) >= 11 is 0. The number of fused-ring (bicyclic) bond motifs is 2. The van der Waals surface area contributed by atoms with Gasteiger partial charge in [0.1, 0.15) is 0 Å². The van der Waals surface area contributed by atoms with Gasteiger partial charge in [0.15, 0.2) is 11.6 Å². The maximum Gasteiger partial charge on any atom is 0.251 e. The number of halogens is 1. The number of anilines is 3. The van der Waals surface area contributed by atoms with E-state index in [1.54, 1.807) is 24.3 Å². The first-order valence-corrected chi connectivity index (χ1v) is 9.31. The summed E-state index contributed by atoms with van der Waals surface area (Å²) in [7, 11) is 0. The zero-order valence-electron chi connectivity index (χ0n) is 15.2. The molecule has 2 aliphatic heterocycles. The first-order valence-electron chi connectivity index (χ1n) is 9.31. The lowest BCUT2D eigenvalue weighted by atomic mass is 10.2. The molecule has 8 heteroatoms. The summed E-state index contributed by atoms with van der Waals surface area (Å²) in [5, 5.41) is 9.37. The highest BCUT2D eigenvalue weighted by molar-refractivity contribution is 5.94. The lowest BCUT2D eigenvalue weighted by molar-refractivity contribution is 0.0956. The van der Waals surface area contributed by atoms with Crippen molar-refractivity contribution in [2.75, 3.05) is 29.9 Å². The molecule has 0 spiro atoms. The van der Waals surface area contributed by atoms with Crippen molar-refractivity contribution in [2.24, 2.45) is 0 Å². The highest BCUT2D eigenvalue weighted by Crippen LogP contribution is 2.26. The van der Waals surface area contributed by atoms with E-state index >= 15 is 0 Å². The lowest BCUT2D eigenvalue weighted by Gasteiger charge is -2.33. The van der Waals surface area contributed by atoms with Crippen LogP contribution in [0.25, 0.3) is 0 Å². The van der Waals surface area contributed by atoms with Gasteiger partial charge in [-0.05, 0) is 44.0 Å². The van der Waals surface area contributed by atoms with E-state index in [4.69, 9.17) is 0 Å². The number of piperazine rings is 1. The summed E-state index contributed by atoms with van der Waals surface area (Å²) in [6, 6.07) is 7.81. The summed E-state index contributed by atoms with van der Waals surface area (Å²) < 4.78 is 14.3. The number of carbonyl (C=O) groups is 1. The number of hydrogen-bond acceptors (Lipinski definition) is 6. The Morgan fingerprint density at radius 3 is 2.63 bits per heavy atom. The minimum Gasteiger partial charge on any atom is -0.352 e. The van der Waals surface area contributed by atoms with Crippen LogP contribution in [0, 0.1) is 5.82 Å². The van der Waals surface area contributed by atoms with Crippen molar-refractivity contribution in [3.8, 4) is 0 Å². The fourth-order valence-corrected chi connectivity index (χ4v) is 3.71. The molecule has 1 amide bonds. The highest BCUT2D eigenvalue weighted by Gasteiger charge is 2.33. The molecule has 27 heavy (non-hydrogen) atoms. The quantitative estimate of drug-likeness (QED) is 0.747. The zero-order chi connectivity index (χ0) is 18.8. The van der Waals surface area contributed by atoms with Gasteiger partial charge in [-0.25, -0.2) is 9.37 Å². The normalized spacial score (nSPS) is 21.2. The van der Waals surface area contributed by atoms with E-state index in [0.717, 1.165) is 31.6 Å². The van der Waals surface area contributed by atoms with Gasteiger partial charge in [-0.2, -0.15) is 4.98 Å². The van der Waals surface area contributed by atoms with Crippen LogP contribution in [0.1, 0.15) is 30.1 Å². The summed E-state index contributed by atoms with van der Waals surface area (Å²) in [6.07, 6.45) is 3.45. The van der Waals surface area contributed by atoms with Crippen molar-refractivity contribution >= 4 is 23.4 Å². The number of benzene rings is 1. The Balaban J connectivity index is 1.49. The first-order chi connectivity index (χ1) is 13.1. The summed E-state index contributed by atoms with van der Waals surface area (Å²) in [5.74, 6) is 0.152. The average Bonchev–Trinajstić information content (AvgIpc) is 3.02. The average molecular weight is 370 g/mol. The van der Waals surface area contributed by atoms with E-state index in [1.807, 2.05) is 11.8 Å². The molecule has 2 atom stereocenters. The molecule has 1 aromatic carbocycles. The molecule has 2 bridgehead atoms. The first kappa shape index (κ1) is 17.7. The van der Waals surface area contributed by atoms with Crippen LogP contribution in [0.3, 0.4) is 0 Å². The van der Waals surface area contributed by atoms with Crippen LogP contribution in [0.4, 0.5) is 21.8 Å². The van der Waals surface area contributed by atoms with Crippen LogP contribution in [-0.4, -0.2) is 47.6 Å². The molecule has 2 aliphatic rings. The fourth-order valence-electron chi connectivity index (χ4n) is 3.71. The number of hydrogen-bond donors (Lipinski definition) is 3. The van der Waals surface area contributed by atoms with Crippen molar-refractivity contribution in [2.45, 2.75) is 31.8 Å². The van der Waals surface area contributed by atoms with E-state index in [0.29, 0.717) is 36.0 Å². The Morgan fingerprint density at radius 2 is 1.96 bits per heavy atom. The largest absolute Gasteiger partial charge is 0.352 e. The van der Waals surface area contributed by atoms with E-state index in [1.165, 1.54) is 6.20 Å². The second-order valence-electron chi connectivity index (χ2n) is 6.97. The van der Waals surface area contributed by atoms with Gasteiger partial charge in [0.05, 0.1) is 6.20 Å². The third kappa shape index (κ3) is 3.85. The Morgan fingerprint density at radius 1 is 1.26 bits per heavy atom. The molecule has 2 aromatic rings. The Bertz CT molecular complexity index is 815. The standard InChI is InChI=1S/C19H23FN6O/c1-2-21-18(27)12-3-5-13(6-4-12)24-19-22-9-16(20)17(25-19)26-10-14-7-8-15(11-26)23-14/h3-6,9,14-15,23H,2,7-8,10-11H2,1H3,(H,21,27)(H,22,24,25)/t14-,15+. The van der Waals surface area contributed by atoms with Gasteiger partial charge in [-0.15, -0.1) is 0 Å². The van der Waals surface area contributed by atoms with Crippen LogP contribution in [0.5, 0.6) is 0 Å². The molecule has 0 saturated carbocycles. The van der Waals surface area contributed by atoms with Crippen LogP contribution in [0.2, 0.25) is 0 Å². The van der Waals surface area contributed by atoms with Gasteiger partial charge in [-0.1, -0.05) is 0 Å². The SMILES string of the molecule is CCNC(=O)c1ccc(Nc2ncc(F)c(N3C[C@H]4CC[C@@H](C3)N4)n2)cc1.